The molecule has 0 heterocycles. The normalized spacial score (nSPS) is 14.6. The van der Waals surface area contributed by atoms with Crippen LogP contribution in [0.4, 0.5) is 4.39 Å². The first-order chi connectivity index (χ1) is 8.97. The standard InChI is InChI=1S/C17H28FN/c1-13(2)7-5-8-14(3)19-15(4)11-16-9-6-10-17(18)12-16/h6,9-10,12-15,19H,5,7-8,11H2,1-4H3. The lowest BCUT2D eigenvalue weighted by Crippen LogP contribution is -2.35. The number of benzene rings is 1. The zero-order chi connectivity index (χ0) is 14.3. The van der Waals surface area contributed by atoms with Crippen molar-refractivity contribution in [3.63, 3.8) is 0 Å². The quantitative estimate of drug-likeness (QED) is 0.726. The van der Waals surface area contributed by atoms with Gasteiger partial charge in [0.25, 0.3) is 0 Å². The summed E-state index contributed by atoms with van der Waals surface area (Å²) in [5.41, 5.74) is 1.06. The van der Waals surface area contributed by atoms with Gasteiger partial charge in [0, 0.05) is 12.1 Å². The van der Waals surface area contributed by atoms with E-state index in [0.29, 0.717) is 12.1 Å². The number of nitrogens with one attached hydrogen (secondary N) is 1. The molecule has 2 atom stereocenters. The first-order valence-electron chi connectivity index (χ1n) is 7.48. The summed E-state index contributed by atoms with van der Waals surface area (Å²) in [7, 11) is 0. The third kappa shape index (κ3) is 7.31. The highest BCUT2D eigenvalue weighted by Gasteiger charge is 2.08. The summed E-state index contributed by atoms with van der Waals surface area (Å²) in [6, 6.07) is 7.81. The average molecular weight is 265 g/mol. The predicted octanol–water partition coefficient (Wildman–Crippen LogP) is 4.56. The maximum atomic E-state index is 13.1. The second-order valence-electron chi connectivity index (χ2n) is 6.13. The molecule has 1 aromatic carbocycles. The van der Waals surface area contributed by atoms with Crippen LogP contribution in [0, 0.1) is 11.7 Å². The smallest absolute Gasteiger partial charge is 0.123 e. The molecule has 0 aliphatic carbocycles. The highest BCUT2D eigenvalue weighted by atomic mass is 19.1. The minimum absolute atomic E-state index is 0.144. The van der Waals surface area contributed by atoms with Crippen LogP contribution in [-0.4, -0.2) is 12.1 Å². The van der Waals surface area contributed by atoms with Gasteiger partial charge in [-0.25, -0.2) is 4.39 Å². The Kier molecular flexibility index (Phi) is 7.07. The Morgan fingerprint density at radius 3 is 2.42 bits per heavy atom. The highest BCUT2D eigenvalue weighted by Crippen LogP contribution is 2.10. The molecule has 0 radical (unpaired) electrons. The second-order valence-corrected chi connectivity index (χ2v) is 6.13. The largest absolute Gasteiger partial charge is 0.311 e. The Hall–Kier alpha value is -0.890. The Balaban J connectivity index is 2.28. The van der Waals surface area contributed by atoms with Gasteiger partial charge >= 0.3 is 0 Å². The van der Waals surface area contributed by atoms with E-state index in [1.165, 1.54) is 25.3 Å². The van der Waals surface area contributed by atoms with Crippen molar-refractivity contribution in [1.29, 1.82) is 0 Å². The summed E-state index contributed by atoms with van der Waals surface area (Å²) in [5.74, 6) is 0.645. The van der Waals surface area contributed by atoms with Crippen LogP contribution in [0.2, 0.25) is 0 Å². The van der Waals surface area contributed by atoms with Crippen molar-refractivity contribution in [2.45, 2.75) is 65.5 Å². The summed E-state index contributed by atoms with van der Waals surface area (Å²) in [4.78, 5) is 0. The van der Waals surface area contributed by atoms with Gasteiger partial charge in [0.15, 0.2) is 0 Å². The maximum absolute atomic E-state index is 13.1. The van der Waals surface area contributed by atoms with E-state index < -0.39 is 0 Å². The van der Waals surface area contributed by atoms with Crippen LogP contribution >= 0.6 is 0 Å². The van der Waals surface area contributed by atoms with Gasteiger partial charge in [-0.05, 0) is 50.3 Å². The Bertz CT molecular complexity index is 362. The SMILES string of the molecule is CC(C)CCCC(C)NC(C)Cc1cccc(F)c1. The molecule has 1 N–H and O–H groups in total. The van der Waals surface area contributed by atoms with Crippen molar-refractivity contribution in [3.8, 4) is 0 Å². The van der Waals surface area contributed by atoms with E-state index in [2.05, 4.69) is 33.0 Å². The Morgan fingerprint density at radius 2 is 1.79 bits per heavy atom. The topological polar surface area (TPSA) is 12.0 Å². The van der Waals surface area contributed by atoms with Gasteiger partial charge in [-0.15, -0.1) is 0 Å². The monoisotopic (exact) mass is 265 g/mol. The van der Waals surface area contributed by atoms with E-state index in [-0.39, 0.29) is 5.82 Å². The van der Waals surface area contributed by atoms with Crippen molar-refractivity contribution in [3.05, 3.63) is 35.6 Å². The van der Waals surface area contributed by atoms with Crippen molar-refractivity contribution in [2.75, 3.05) is 0 Å². The molecule has 0 fully saturated rings. The first-order valence-corrected chi connectivity index (χ1v) is 7.48. The number of halogens is 1. The van der Waals surface area contributed by atoms with Crippen LogP contribution in [0.25, 0.3) is 0 Å². The molecule has 0 aliphatic rings. The van der Waals surface area contributed by atoms with Gasteiger partial charge in [0.2, 0.25) is 0 Å². The van der Waals surface area contributed by atoms with Crippen LogP contribution < -0.4 is 5.32 Å². The fourth-order valence-electron chi connectivity index (χ4n) is 2.48. The van der Waals surface area contributed by atoms with Gasteiger partial charge < -0.3 is 5.32 Å². The van der Waals surface area contributed by atoms with Crippen molar-refractivity contribution >= 4 is 0 Å². The molecule has 108 valence electrons. The van der Waals surface area contributed by atoms with Crippen LogP contribution in [0.1, 0.15) is 52.5 Å². The van der Waals surface area contributed by atoms with Gasteiger partial charge in [0.1, 0.15) is 5.82 Å². The third-order valence-electron chi connectivity index (χ3n) is 3.42. The summed E-state index contributed by atoms with van der Waals surface area (Å²) < 4.78 is 13.1. The molecular formula is C17H28FN. The van der Waals surface area contributed by atoms with Gasteiger partial charge in [-0.2, -0.15) is 0 Å². The fourth-order valence-corrected chi connectivity index (χ4v) is 2.48. The van der Waals surface area contributed by atoms with E-state index in [1.807, 2.05) is 6.07 Å². The zero-order valence-corrected chi connectivity index (χ0v) is 12.7. The molecule has 0 saturated carbocycles. The zero-order valence-electron chi connectivity index (χ0n) is 12.7. The molecule has 0 spiro atoms. The van der Waals surface area contributed by atoms with Crippen molar-refractivity contribution < 1.29 is 4.39 Å². The van der Waals surface area contributed by atoms with Crippen LogP contribution in [0.5, 0.6) is 0 Å². The molecule has 0 amide bonds. The van der Waals surface area contributed by atoms with Crippen LogP contribution in [-0.2, 0) is 6.42 Å². The molecular weight excluding hydrogens is 237 g/mol. The number of hydrogen-bond donors (Lipinski definition) is 1. The number of hydrogen-bond acceptors (Lipinski definition) is 1. The summed E-state index contributed by atoms with van der Waals surface area (Å²) in [6.07, 6.45) is 4.67. The molecule has 2 heteroatoms. The van der Waals surface area contributed by atoms with E-state index in [1.54, 1.807) is 12.1 Å². The molecule has 0 aliphatic heterocycles. The van der Waals surface area contributed by atoms with Crippen LogP contribution in [0.3, 0.4) is 0 Å². The second kappa shape index (κ2) is 8.31. The average Bonchev–Trinajstić information content (AvgIpc) is 2.27. The maximum Gasteiger partial charge on any atom is 0.123 e. The summed E-state index contributed by atoms with van der Waals surface area (Å²) in [6.45, 7) is 8.95. The molecule has 1 aromatic rings. The summed E-state index contributed by atoms with van der Waals surface area (Å²) >= 11 is 0. The van der Waals surface area contributed by atoms with Crippen LogP contribution in [0.15, 0.2) is 24.3 Å². The molecule has 1 nitrogen and oxygen atoms in total. The van der Waals surface area contributed by atoms with Crippen molar-refractivity contribution in [2.24, 2.45) is 5.92 Å². The molecule has 0 aromatic heterocycles. The lowest BCUT2D eigenvalue weighted by atomic mass is 10.0. The minimum Gasteiger partial charge on any atom is -0.311 e. The van der Waals surface area contributed by atoms with E-state index >= 15 is 0 Å². The van der Waals surface area contributed by atoms with Crippen molar-refractivity contribution in [1.82, 2.24) is 5.32 Å². The minimum atomic E-state index is -0.144. The lowest BCUT2D eigenvalue weighted by molar-refractivity contribution is 0.416. The molecule has 0 bridgehead atoms. The van der Waals surface area contributed by atoms with E-state index in [4.69, 9.17) is 0 Å². The summed E-state index contributed by atoms with van der Waals surface area (Å²) in [5, 5.41) is 3.60. The first kappa shape index (κ1) is 16.2. The predicted molar refractivity (Wildman–Crippen MR) is 80.9 cm³/mol. The molecule has 0 saturated heterocycles. The Labute approximate surface area is 117 Å². The van der Waals surface area contributed by atoms with Gasteiger partial charge in [-0.1, -0.05) is 38.8 Å². The van der Waals surface area contributed by atoms with Gasteiger partial charge in [-0.3, -0.25) is 0 Å². The fraction of sp³-hybridized carbons (Fsp3) is 0.647. The molecule has 1 rings (SSSR count). The Morgan fingerprint density at radius 1 is 1.05 bits per heavy atom. The molecule has 2 unspecified atom stereocenters. The van der Waals surface area contributed by atoms with Gasteiger partial charge in [0.05, 0.1) is 0 Å². The third-order valence-corrected chi connectivity index (χ3v) is 3.42. The molecule has 19 heavy (non-hydrogen) atoms. The van der Waals surface area contributed by atoms with E-state index in [9.17, 15) is 4.39 Å². The lowest BCUT2D eigenvalue weighted by Gasteiger charge is -2.20. The number of rotatable bonds is 8. The highest BCUT2D eigenvalue weighted by molar-refractivity contribution is 5.17. The van der Waals surface area contributed by atoms with E-state index in [0.717, 1.165) is 17.9 Å².